The van der Waals surface area contributed by atoms with Gasteiger partial charge in [0.05, 0.1) is 18.6 Å². The van der Waals surface area contributed by atoms with Crippen molar-refractivity contribution in [1.29, 1.82) is 0 Å². The van der Waals surface area contributed by atoms with Gasteiger partial charge in [-0.25, -0.2) is 0 Å². The Kier molecular flexibility index (Phi) is 6.61. The van der Waals surface area contributed by atoms with Crippen molar-refractivity contribution in [3.05, 3.63) is 84.2 Å². The van der Waals surface area contributed by atoms with Crippen molar-refractivity contribution in [2.75, 3.05) is 5.32 Å². The first kappa shape index (κ1) is 19.8. The Labute approximate surface area is 166 Å². The van der Waals surface area contributed by atoms with Gasteiger partial charge in [-0.15, -0.1) is 0 Å². The highest BCUT2D eigenvalue weighted by atomic mass is 16.2. The number of para-hydroxylation sites is 1. The summed E-state index contributed by atoms with van der Waals surface area (Å²) in [7, 11) is 0. The zero-order valence-corrected chi connectivity index (χ0v) is 16.7. The van der Waals surface area contributed by atoms with Crippen molar-refractivity contribution in [3.63, 3.8) is 0 Å². The highest BCUT2D eigenvalue weighted by molar-refractivity contribution is 5.95. The van der Waals surface area contributed by atoms with Gasteiger partial charge in [-0.3, -0.25) is 14.8 Å². The number of rotatable bonds is 8. The van der Waals surface area contributed by atoms with Crippen molar-refractivity contribution in [1.82, 2.24) is 15.1 Å². The van der Waals surface area contributed by atoms with E-state index in [1.165, 1.54) is 0 Å². The SMILES string of the molecule is CC(C)c1ccccc1NC(=O)[C@H](C)N[C@@H](Cn1cccn1)c1ccccc1. The van der Waals surface area contributed by atoms with Crippen LogP contribution >= 0.6 is 0 Å². The van der Waals surface area contributed by atoms with Crippen LogP contribution < -0.4 is 10.6 Å². The van der Waals surface area contributed by atoms with Gasteiger partial charge in [-0.2, -0.15) is 5.10 Å². The van der Waals surface area contributed by atoms with Gasteiger partial charge < -0.3 is 5.32 Å². The number of amides is 1. The fourth-order valence-electron chi connectivity index (χ4n) is 3.27. The minimum Gasteiger partial charge on any atom is -0.324 e. The van der Waals surface area contributed by atoms with Gasteiger partial charge in [-0.1, -0.05) is 62.4 Å². The number of carbonyl (C=O) groups excluding carboxylic acids is 1. The molecule has 3 rings (SSSR count). The molecule has 0 unspecified atom stereocenters. The predicted molar refractivity (Wildman–Crippen MR) is 113 cm³/mol. The molecule has 1 amide bonds. The molecular weight excluding hydrogens is 348 g/mol. The average Bonchev–Trinajstić information content (AvgIpc) is 3.21. The number of aromatic nitrogens is 2. The van der Waals surface area contributed by atoms with Crippen LogP contribution in [0.5, 0.6) is 0 Å². The van der Waals surface area contributed by atoms with Crippen LogP contribution in [0.4, 0.5) is 5.69 Å². The van der Waals surface area contributed by atoms with Gasteiger partial charge >= 0.3 is 0 Å². The zero-order valence-electron chi connectivity index (χ0n) is 16.7. The van der Waals surface area contributed by atoms with E-state index in [1.54, 1.807) is 6.20 Å². The smallest absolute Gasteiger partial charge is 0.241 e. The largest absolute Gasteiger partial charge is 0.324 e. The summed E-state index contributed by atoms with van der Waals surface area (Å²) in [6, 6.07) is 19.6. The molecule has 3 aromatic rings. The van der Waals surface area contributed by atoms with E-state index >= 15 is 0 Å². The molecular formula is C23H28N4O. The van der Waals surface area contributed by atoms with E-state index in [0.29, 0.717) is 12.5 Å². The van der Waals surface area contributed by atoms with Gasteiger partial charge in [0.2, 0.25) is 5.91 Å². The predicted octanol–water partition coefficient (Wildman–Crippen LogP) is 4.36. The summed E-state index contributed by atoms with van der Waals surface area (Å²) in [6.45, 7) is 6.80. The first-order valence-corrected chi connectivity index (χ1v) is 9.73. The second kappa shape index (κ2) is 9.33. The monoisotopic (exact) mass is 376 g/mol. The molecule has 146 valence electrons. The second-order valence-electron chi connectivity index (χ2n) is 7.31. The first-order chi connectivity index (χ1) is 13.5. The Morgan fingerprint density at radius 3 is 2.39 bits per heavy atom. The molecule has 0 aliphatic rings. The lowest BCUT2D eigenvalue weighted by molar-refractivity contribution is -0.118. The molecule has 0 aliphatic heterocycles. The van der Waals surface area contributed by atoms with Crippen LogP contribution in [0.25, 0.3) is 0 Å². The Morgan fingerprint density at radius 1 is 1.00 bits per heavy atom. The van der Waals surface area contributed by atoms with Crippen molar-refractivity contribution in [3.8, 4) is 0 Å². The number of nitrogens with zero attached hydrogens (tertiary/aromatic N) is 2. The fraction of sp³-hybridized carbons (Fsp3) is 0.304. The maximum atomic E-state index is 12.9. The lowest BCUT2D eigenvalue weighted by Crippen LogP contribution is -2.41. The lowest BCUT2D eigenvalue weighted by atomic mass is 10.0. The van der Waals surface area contributed by atoms with Crippen molar-refractivity contribution in [2.45, 2.75) is 45.3 Å². The van der Waals surface area contributed by atoms with Crippen LogP contribution in [0.3, 0.4) is 0 Å². The van der Waals surface area contributed by atoms with Crippen LogP contribution in [-0.2, 0) is 11.3 Å². The molecule has 0 radical (unpaired) electrons. The third-order valence-corrected chi connectivity index (χ3v) is 4.82. The molecule has 0 aliphatic carbocycles. The Hall–Kier alpha value is -2.92. The van der Waals surface area contributed by atoms with E-state index in [4.69, 9.17) is 0 Å². The molecule has 1 aromatic heterocycles. The lowest BCUT2D eigenvalue weighted by Gasteiger charge is -2.24. The van der Waals surface area contributed by atoms with Crippen molar-refractivity contribution < 1.29 is 4.79 Å². The van der Waals surface area contributed by atoms with E-state index in [2.05, 4.69) is 47.8 Å². The van der Waals surface area contributed by atoms with E-state index in [-0.39, 0.29) is 18.0 Å². The van der Waals surface area contributed by atoms with Crippen LogP contribution in [0, 0.1) is 0 Å². The normalized spacial score (nSPS) is 13.3. The molecule has 5 nitrogen and oxygen atoms in total. The summed E-state index contributed by atoms with van der Waals surface area (Å²) in [4.78, 5) is 12.9. The molecule has 2 N–H and O–H groups in total. The fourth-order valence-corrected chi connectivity index (χ4v) is 3.27. The maximum Gasteiger partial charge on any atom is 0.241 e. The Morgan fingerprint density at radius 2 is 1.71 bits per heavy atom. The highest BCUT2D eigenvalue weighted by Crippen LogP contribution is 2.24. The summed E-state index contributed by atoms with van der Waals surface area (Å²) < 4.78 is 1.88. The average molecular weight is 377 g/mol. The van der Waals surface area contributed by atoms with Crippen LogP contribution in [-0.4, -0.2) is 21.7 Å². The zero-order chi connectivity index (χ0) is 19.9. The van der Waals surface area contributed by atoms with Crippen molar-refractivity contribution in [2.24, 2.45) is 0 Å². The molecule has 2 atom stereocenters. The quantitative estimate of drug-likeness (QED) is 0.614. The molecule has 28 heavy (non-hydrogen) atoms. The molecule has 0 saturated heterocycles. The summed E-state index contributed by atoms with van der Waals surface area (Å²) >= 11 is 0. The van der Waals surface area contributed by atoms with Crippen LogP contribution in [0.2, 0.25) is 0 Å². The first-order valence-electron chi connectivity index (χ1n) is 9.73. The minimum atomic E-state index is -0.360. The number of anilines is 1. The number of hydrogen-bond donors (Lipinski definition) is 2. The van der Waals surface area contributed by atoms with Gasteiger partial charge in [-0.05, 0) is 36.1 Å². The molecule has 0 fully saturated rings. The van der Waals surface area contributed by atoms with Gasteiger partial charge in [0.15, 0.2) is 0 Å². The molecule has 5 heteroatoms. The maximum absolute atomic E-state index is 12.9. The Bertz CT molecular complexity index is 875. The van der Waals surface area contributed by atoms with Crippen LogP contribution in [0.1, 0.15) is 43.9 Å². The third kappa shape index (κ3) is 5.08. The van der Waals surface area contributed by atoms with E-state index in [0.717, 1.165) is 16.8 Å². The number of hydrogen-bond acceptors (Lipinski definition) is 3. The topological polar surface area (TPSA) is 59.0 Å². The molecule has 0 saturated carbocycles. The summed E-state index contributed by atoms with van der Waals surface area (Å²) in [5, 5.41) is 10.9. The van der Waals surface area contributed by atoms with Gasteiger partial charge in [0.25, 0.3) is 0 Å². The van der Waals surface area contributed by atoms with Crippen molar-refractivity contribution >= 4 is 11.6 Å². The van der Waals surface area contributed by atoms with Crippen LogP contribution in [0.15, 0.2) is 73.1 Å². The standard InChI is InChI=1S/C23H28N4O/c1-17(2)20-12-7-8-13-21(20)26-23(28)18(3)25-22(16-27-15-9-14-24-27)19-10-5-4-6-11-19/h4-15,17-18,22,25H,16H2,1-3H3,(H,26,28)/t18-,22-/m0/s1. The van der Waals surface area contributed by atoms with E-state index in [1.807, 2.05) is 60.3 Å². The third-order valence-electron chi connectivity index (χ3n) is 4.82. The number of nitrogens with one attached hydrogen (secondary N) is 2. The van der Waals surface area contributed by atoms with Gasteiger partial charge in [0, 0.05) is 18.1 Å². The highest BCUT2D eigenvalue weighted by Gasteiger charge is 2.21. The number of carbonyl (C=O) groups is 1. The van der Waals surface area contributed by atoms with E-state index in [9.17, 15) is 4.79 Å². The summed E-state index contributed by atoms with van der Waals surface area (Å²) in [6.07, 6.45) is 3.70. The molecule has 0 spiro atoms. The van der Waals surface area contributed by atoms with Gasteiger partial charge in [0.1, 0.15) is 0 Å². The molecule has 0 bridgehead atoms. The Balaban J connectivity index is 1.72. The minimum absolute atomic E-state index is 0.0257. The second-order valence-corrected chi connectivity index (χ2v) is 7.31. The molecule has 1 heterocycles. The summed E-state index contributed by atoms with van der Waals surface area (Å²) in [5.41, 5.74) is 3.14. The van der Waals surface area contributed by atoms with E-state index < -0.39 is 0 Å². The molecule has 2 aromatic carbocycles. The summed E-state index contributed by atoms with van der Waals surface area (Å²) in [5.74, 6) is 0.297. The number of benzene rings is 2.